The van der Waals surface area contributed by atoms with Gasteiger partial charge in [0.25, 0.3) is 11.5 Å². The molecule has 9 heteroatoms. The molecule has 0 N–H and O–H groups in total. The van der Waals surface area contributed by atoms with Gasteiger partial charge in [-0.25, -0.2) is 4.98 Å². The van der Waals surface area contributed by atoms with Crippen LogP contribution in [0.5, 0.6) is 0 Å². The second-order valence-corrected chi connectivity index (χ2v) is 8.62. The van der Waals surface area contributed by atoms with Crippen LogP contribution < -0.4 is 11.0 Å². The Morgan fingerprint density at radius 2 is 2.25 bits per heavy atom. The van der Waals surface area contributed by atoms with Crippen LogP contribution >= 0.6 is 11.3 Å². The number of fused-ring (bicyclic) bond motifs is 2. The molecule has 32 heavy (non-hydrogen) atoms. The summed E-state index contributed by atoms with van der Waals surface area (Å²) >= 11 is 1.28. The van der Waals surface area contributed by atoms with Gasteiger partial charge in [0.1, 0.15) is 17.4 Å². The lowest BCUT2D eigenvalue weighted by molar-refractivity contribution is 0.0953. The van der Waals surface area contributed by atoms with E-state index in [1.54, 1.807) is 34.3 Å². The average molecular weight is 446 g/mol. The molecule has 160 valence electrons. The lowest BCUT2D eigenvalue weighted by Crippen LogP contribution is -2.33. The third-order valence-corrected chi connectivity index (χ3v) is 6.43. The first-order chi connectivity index (χ1) is 15.6. The van der Waals surface area contributed by atoms with Crippen LogP contribution in [-0.2, 0) is 11.3 Å². The number of ether oxygens (including phenoxy) is 1. The van der Waals surface area contributed by atoms with Crippen molar-refractivity contribution in [3.63, 3.8) is 0 Å². The van der Waals surface area contributed by atoms with Gasteiger partial charge in [0.2, 0.25) is 0 Å². The molecule has 8 nitrogen and oxygen atoms in total. The predicted octanol–water partition coefficient (Wildman–Crippen LogP) is 2.81. The Kier molecular flexibility index (Phi) is 5.17. The highest BCUT2D eigenvalue weighted by molar-refractivity contribution is 7.12. The fraction of sp³-hybridized carbons (Fsp3) is 0.261. The molecule has 0 saturated carbocycles. The Morgan fingerprint density at radius 3 is 2.97 bits per heavy atom. The van der Waals surface area contributed by atoms with Gasteiger partial charge in [-0.3, -0.25) is 14.0 Å². The standard InChI is InChI=1S/C23H19N5O3S/c1-14-5-2-8-27-19(14)25-21-17(23(27)30)11-15(12-24)20(26-22(29)18-7-4-10-32-18)28(21)13-16-6-3-9-31-16/h2,4-5,7-8,10-11,16H,3,6,9,13H2,1H3/t16-/m1/s1. The Balaban J connectivity index is 1.88. The number of thiophene rings is 1. The summed E-state index contributed by atoms with van der Waals surface area (Å²) in [5, 5.41) is 12.0. The summed E-state index contributed by atoms with van der Waals surface area (Å²) in [5.74, 6) is -0.439. The number of rotatable bonds is 3. The van der Waals surface area contributed by atoms with E-state index in [0.717, 1.165) is 18.4 Å². The van der Waals surface area contributed by atoms with Gasteiger partial charge >= 0.3 is 0 Å². The van der Waals surface area contributed by atoms with E-state index in [1.807, 2.05) is 13.0 Å². The van der Waals surface area contributed by atoms with Gasteiger partial charge in [0.15, 0.2) is 5.49 Å². The number of amides is 1. The lowest BCUT2D eigenvalue weighted by atomic mass is 10.2. The van der Waals surface area contributed by atoms with Crippen LogP contribution in [0.4, 0.5) is 0 Å². The maximum Gasteiger partial charge on any atom is 0.289 e. The van der Waals surface area contributed by atoms with E-state index in [9.17, 15) is 14.9 Å². The first kappa shape index (κ1) is 20.3. The smallest absolute Gasteiger partial charge is 0.289 e. The van der Waals surface area contributed by atoms with Crippen molar-refractivity contribution in [2.45, 2.75) is 32.4 Å². The lowest BCUT2D eigenvalue weighted by Gasteiger charge is -2.17. The van der Waals surface area contributed by atoms with Crippen molar-refractivity contribution in [3.8, 4) is 6.07 Å². The number of aromatic nitrogens is 3. The van der Waals surface area contributed by atoms with E-state index in [-0.39, 0.29) is 22.7 Å². The first-order valence-electron chi connectivity index (χ1n) is 10.3. The summed E-state index contributed by atoms with van der Waals surface area (Å²) in [6.07, 6.45) is 3.32. The molecule has 1 atom stereocenters. The number of hydrogen-bond acceptors (Lipinski definition) is 6. The summed E-state index contributed by atoms with van der Waals surface area (Å²) in [6.45, 7) is 2.88. The molecule has 1 saturated heterocycles. The molecule has 1 aliphatic rings. The zero-order valence-corrected chi connectivity index (χ0v) is 18.1. The number of carbonyl (C=O) groups excluding carboxylic acids is 1. The Bertz CT molecular complexity index is 1520. The normalized spacial score (nSPS) is 16.6. The summed E-state index contributed by atoms with van der Waals surface area (Å²) in [6, 6.07) is 10.7. The molecular weight excluding hydrogens is 426 g/mol. The van der Waals surface area contributed by atoms with E-state index >= 15 is 0 Å². The third-order valence-electron chi connectivity index (χ3n) is 5.58. The van der Waals surface area contributed by atoms with E-state index in [1.165, 1.54) is 21.8 Å². The van der Waals surface area contributed by atoms with E-state index < -0.39 is 5.91 Å². The molecular formula is C23H19N5O3S. The van der Waals surface area contributed by atoms with E-state index in [4.69, 9.17) is 9.72 Å². The minimum Gasteiger partial charge on any atom is -0.376 e. The summed E-state index contributed by atoms with van der Waals surface area (Å²) < 4.78 is 8.99. The minimum absolute atomic E-state index is 0.111. The van der Waals surface area contributed by atoms with Gasteiger partial charge < -0.3 is 9.30 Å². The maximum absolute atomic E-state index is 13.3. The molecule has 1 amide bonds. The highest BCUT2D eigenvalue weighted by Crippen LogP contribution is 2.18. The molecule has 0 bridgehead atoms. The largest absolute Gasteiger partial charge is 0.376 e. The summed E-state index contributed by atoms with van der Waals surface area (Å²) in [7, 11) is 0. The number of hydrogen-bond donors (Lipinski definition) is 0. The Labute approximate surface area is 186 Å². The van der Waals surface area contributed by atoms with Crippen molar-refractivity contribution < 1.29 is 9.53 Å². The van der Waals surface area contributed by atoms with Gasteiger partial charge in [-0.05, 0) is 48.9 Å². The number of carbonyl (C=O) groups is 1. The molecule has 5 rings (SSSR count). The third kappa shape index (κ3) is 3.43. The molecule has 0 unspecified atom stereocenters. The van der Waals surface area contributed by atoms with Crippen LogP contribution in [0, 0.1) is 18.3 Å². The molecule has 0 aliphatic carbocycles. The van der Waals surface area contributed by atoms with Crippen LogP contribution in [0.25, 0.3) is 16.7 Å². The Morgan fingerprint density at radius 1 is 1.38 bits per heavy atom. The van der Waals surface area contributed by atoms with Crippen molar-refractivity contribution in [2.24, 2.45) is 4.99 Å². The maximum atomic E-state index is 13.3. The van der Waals surface area contributed by atoms with Crippen molar-refractivity contribution in [3.05, 3.63) is 73.8 Å². The van der Waals surface area contributed by atoms with Crippen LogP contribution in [0.2, 0.25) is 0 Å². The molecule has 0 spiro atoms. The summed E-state index contributed by atoms with van der Waals surface area (Å²) in [4.78, 5) is 35.7. The van der Waals surface area contributed by atoms with Crippen molar-refractivity contribution in [1.29, 1.82) is 5.26 Å². The first-order valence-corrected chi connectivity index (χ1v) is 11.1. The van der Waals surface area contributed by atoms with Gasteiger partial charge in [0.05, 0.1) is 28.5 Å². The molecule has 1 fully saturated rings. The second kappa shape index (κ2) is 8.15. The quantitative estimate of drug-likeness (QED) is 0.451. The minimum atomic E-state index is -0.439. The highest BCUT2D eigenvalue weighted by Gasteiger charge is 2.21. The van der Waals surface area contributed by atoms with Crippen molar-refractivity contribution in [1.82, 2.24) is 14.0 Å². The average Bonchev–Trinajstić information content (AvgIpc) is 3.50. The van der Waals surface area contributed by atoms with Crippen molar-refractivity contribution in [2.75, 3.05) is 6.61 Å². The fourth-order valence-electron chi connectivity index (χ4n) is 4.01. The van der Waals surface area contributed by atoms with Gasteiger partial charge in [-0.2, -0.15) is 10.3 Å². The van der Waals surface area contributed by atoms with Gasteiger partial charge in [0, 0.05) is 12.8 Å². The van der Waals surface area contributed by atoms with Gasteiger partial charge in [-0.1, -0.05) is 12.1 Å². The molecule has 0 aromatic carbocycles. The van der Waals surface area contributed by atoms with Crippen molar-refractivity contribution >= 4 is 33.9 Å². The van der Waals surface area contributed by atoms with Crippen LogP contribution in [0.3, 0.4) is 0 Å². The topological polar surface area (TPSA) is 102 Å². The number of pyridine rings is 2. The zero-order valence-electron chi connectivity index (χ0n) is 17.3. The molecule has 4 aromatic heterocycles. The number of nitrogens with zero attached hydrogens (tertiary/aromatic N) is 5. The van der Waals surface area contributed by atoms with E-state index in [0.29, 0.717) is 34.7 Å². The highest BCUT2D eigenvalue weighted by atomic mass is 32.1. The van der Waals surface area contributed by atoms with Crippen LogP contribution in [0.15, 0.2) is 51.7 Å². The number of aryl methyl sites for hydroxylation is 1. The fourth-order valence-corrected chi connectivity index (χ4v) is 4.61. The van der Waals surface area contributed by atoms with Gasteiger partial charge in [-0.15, -0.1) is 11.3 Å². The molecule has 5 heterocycles. The molecule has 4 aromatic rings. The Hall–Kier alpha value is -3.61. The SMILES string of the molecule is Cc1cccn2c(=O)c3cc(C#N)c(=NC(=O)c4cccs4)n(C[C@H]4CCCO4)c3nc12. The summed E-state index contributed by atoms with van der Waals surface area (Å²) in [5.41, 5.74) is 1.81. The molecule has 0 radical (unpaired) electrons. The van der Waals surface area contributed by atoms with Crippen LogP contribution in [0.1, 0.15) is 33.6 Å². The van der Waals surface area contributed by atoms with Crippen LogP contribution in [-0.4, -0.2) is 32.6 Å². The predicted molar refractivity (Wildman–Crippen MR) is 120 cm³/mol. The molecule has 1 aliphatic heterocycles. The van der Waals surface area contributed by atoms with E-state index in [2.05, 4.69) is 11.1 Å². The number of nitriles is 1. The monoisotopic (exact) mass is 445 g/mol. The second-order valence-electron chi connectivity index (χ2n) is 7.67. The zero-order chi connectivity index (χ0) is 22.2.